The van der Waals surface area contributed by atoms with Crippen molar-refractivity contribution in [1.29, 1.82) is 5.26 Å². The van der Waals surface area contributed by atoms with Crippen LogP contribution in [0.5, 0.6) is 0 Å². The van der Waals surface area contributed by atoms with Crippen LogP contribution >= 0.6 is 0 Å². The van der Waals surface area contributed by atoms with Crippen LogP contribution in [-0.2, 0) is 14.8 Å². The Morgan fingerprint density at radius 3 is 2.64 bits per heavy atom. The largest absolute Gasteiger partial charge is 0.377 e. The van der Waals surface area contributed by atoms with Crippen LogP contribution in [0.3, 0.4) is 0 Å². The van der Waals surface area contributed by atoms with Crippen LogP contribution in [0.1, 0.15) is 25.3 Å². The molecule has 0 aromatic heterocycles. The van der Waals surface area contributed by atoms with E-state index in [1.165, 1.54) is 28.6 Å². The molecule has 1 aliphatic heterocycles. The molecule has 0 spiro atoms. The molecule has 1 heterocycles. The number of benzene rings is 1. The monoisotopic (exact) mass is 318 g/mol. The molecule has 22 heavy (non-hydrogen) atoms. The van der Waals surface area contributed by atoms with Gasteiger partial charge in [-0.25, -0.2) is 8.42 Å². The standard InChI is InChI=1S/C16H18N2O3S/c1-2-3-10-18(13-15-5-4-11-21-15)22(19,20)16-8-6-14(12-17)7-9-16/h6-9,15H,4-5,10-11,13H2,1H3. The summed E-state index contributed by atoms with van der Waals surface area (Å²) in [4.78, 5) is 0.169. The highest BCUT2D eigenvalue weighted by atomic mass is 32.2. The van der Waals surface area contributed by atoms with Crippen LogP contribution < -0.4 is 0 Å². The molecule has 116 valence electrons. The molecule has 1 fully saturated rings. The van der Waals surface area contributed by atoms with Gasteiger partial charge in [-0.1, -0.05) is 5.92 Å². The lowest BCUT2D eigenvalue weighted by atomic mass is 10.2. The normalized spacial score (nSPS) is 17.8. The molecular weight excluding hydrogens is 300 g/mol. The smallest absolute Gasteiger partial charge is 0.244 e. The summed E-state index contributed by atoms with van der Waals surface area (Å²) >= 11 is 0. The zero-order chi connectivity index (χ0) is 16.0. The van der Waals surface area contributed by atoms with Crippen LogP contribution in [0, 0.1) is 23.2 Å². The van der Waals surface area contributed by atoms with E-state index in [9.17, 15) is 8.42 Å². The highest BCUT2D eigenvalue weighted by Crippen LogP contribution is 2.20. The fourth-order valence-corrected chi connectivity index (χ4v) is 3.66. The minimum atomic E-state index is -3.64. The van der Waals surface area contributed by atoms with Crippen molar-refractivity contribution in [2.75, 3.05) is 19.7 Å². The number of hydrogen-bond donors (Lipinski definition) is 0. The Hall–Kier alpha value is -1.86. The lowest BCUT2D eigenvalue weighted by Crippen LogP contribution is -2.37. The summed E-state index contributed by atoms with van der Waals surface area (Å²) < 4.78 is 32.4. The van der Waals surface area contributed by atoms with Gasteiger partial charge >= 0.3 is 0 Å². The third-order valence-electron chi connectivity index (χ3n) is 3.48. The number of rotatable bonds is 5. The maximum Gasteiger partial charge on any atom is 0.244 e. The van der Waals surface area contributed by atoms with E-state index in [1.54, 1.807) is 6.92 Å². The van der Waals surface area contributed by atoms with Crippen molar-refractivity contribution in [2.24, 2.45) is 0 Å². The molecule has 0 saturated carbocycles. The molecule has 5 nitrogen and oxygen atoms in total. The summed E-state index contributed by atoms with van der Waals surface area (Å²) in [6.07, 6.45) is 1.74. The van der Waals surface area contributed by atoms with Crippen molar-refractivity contribution in [2.45, 2.75) is 30.8 Å². The zero-order valence-electron chi connectivity index (χ0n) is 12.4. The van der Waals surface area contributed by atoms with Crippen LogP contribution in [-0.4, -0.2) is 38.5 Å². The van der Waals surface area contributed by atoms with E-state index >= 15 is 0 Å². The Kier molecular flexibility index (Phi) is 5.57. The highest BCUT2D eigenvalue weighted by molar-refractivity contribution is 7.89. The Morgan fingerprint density at radius 1 is 1.36 bits per heavy atom. The molecule has 6 heteroatoms. The van der Waals surface area contributed by atoms with Gasteiger partial charge in [0.05, 0.1) is 29.2 Å². The Bertz CT molecular complexity index is 702. The Balaban J connectivity index is 2.25. The molecule has 0 N–H and O–H groups in total. The fraction of sp³-hybridized carbons (Fsp3) is 0.438. The number of sulfonamides is 1. The van der Waals surface area contributed by atoms with Gasteiger partial charge in [0.25, 0.3) is 0 Å². The van der Waals surface area contributed by atoms with Crippen molar-refractivity contribution in [3.05, 3.63) is 29.8 Å². The summed E-state index contributed by atoms with van der Waals surface area (Å²) in [5, 5.41) is 8.80. The number of nitriles is 1. The van der Waals surface area contributed by atoms with Gasteiger partial charge in [0, 0.05) is 13.2 Å². The minimum Gasteiger partial charge on any atom is -0.377 e. The first kappa shape index (κ1) is 16.5. The fourth-order valence-electron chi connectivity index (χ4n) is 2.28. The van der Waals surface area contributed by atoms with E-state index in [0.717, 1.165) is 12.8 Å². The molecule has 1 aliphatic rings. The van der Waals surface area contributed by atoms with Gasteiger partial charge in [0.2, 0.25) is 10.0 Å². The molecular formula is C16H18N2O3S. The van der Waals surface area contributed by atoms with E-state index in [1.807, 2.05) is 6.07 Å². The highest BCUT2D eigenvalue weighted by Gasteiger charge is 2.28. The molecule has 0 amide bonds. The minimum absolute atomic E-state index is 0.0770. The summed E-state index contributed by atoms with van der Waals surface area (Å²) in [6.45, 7) is 2.79. The van der Waals surface area contributed by atoms with Crippen LogP contribution in [0.25, 0.3) is 0 Å². The molecule has 0 bridgehead atoms. The van der Waals surface area contributed by atoms with Crippen molar-refractivity contribution in [3.8, 4) is 17.9 Å². The summed E-state index contributed by atoms with van der Waals surface area (Å²) in [5.74, 6) is 5.53. The van der Waals surface area contributed by atoms with Crippen LogP contribution in [0.15, 0.2) is 29.2 Å². The van der Waals surface area contributed by atoms with Gasteiger partial charge in [-0.15, -0.1) is 5.92 Å². The van der Waals surface area contributed by atoms with Crippen molar-refractivity contribution in [3.63, 3.8) is 0 Å². The van der Waals surface area contributed by atoms with Crippen molar-refractivity contribution in [1.82, 2.24) is 4.31 Å². The molecule has 0 radical (unpaired) electrons. The second-order valence-electron chi connectivity index (χ2n) is 5.00. The van der Waals surface area contributed by atoms with E-state index in [-0.39, 0.29) is 17.5 Å². The molecule has 1 atom stereocenters. The molecule has 1 unspecified atom stereocenters. The molecule has 1 aromatic rings. The second kappa shape index (κ2) is 7.42. The quantitative estimate of drug-likeness (QED) is 0.776. The third-order valence-corrected chi connectivity index (χ3v) is 5.31. The topological polar surface area (TPSA) is 70.4 Å². The summed E-state index contributed by atoms with van der Waals surface area (Å²) in [5.41, 5.74) is 0.429. The average molecular weight is 318 g/mol. The molecule has 1 saturated heterocycles. The summed E-state index contributed by atoms with van der Waals surface area (Å²) in [7, 11) is -3.64. The van der Waals surface area contributed by atoms with Gasteiger partial charge in [0.1, 0.15) is 0 Å². The van der Waals surface area contributed by atoms with Crippen molar-refractivity contribution >= 4 is 10.0 Å². The first-order valence-electron chi connectivity index (χ1n) is 7.09. The number of nitrogens with zero attached hydrogens (tertiary/aromatic N) is 2. The first-order valence-corrected chi connectivity index (χ1v) is 8.53. The van der Waals surface area contributed by atoms with Gasteiger partial charge in [-0.3, -0.25) is 0 Å². The maximum atomic E-state index is 12.7. The molecule has 0 aliphatic carbocycles. The van der Waals surface area contributed by atoms with Gasteiger partial charge in [-0.2, -0.15) is 9.57 Å². The number of hydrogen-bond acceptors (Lipinski definition) is 4. The van der Waals surface area contributed by atoms with E-state index in [2.05, 4.69) is 11.8 Å². The van der Waals surface area contributed by atoms with Crippen molar-refractivity contribution < 1.29 is 13.2 Å². The predicted molar refractivity (Wildman–Crippen MR) is 82.3 cm³/mol. The molecule has 1 aromatic carbocycles. The Labute approximate surface area is 131 Å². The second-order valence-corrected chi connectivity index (χ2v) is 6.93. The zero-order valence-corrected chi connectivity index (χ0v) is 13.3. The SMILES string of the molecule is CC#CCN(CC1CCCO1)S(=O)(=O)c1ccc(C#N)cc1. The van der Waals surface area contributed by atoms with Gasteiger partial charge < -0.3 is 4.74 Å². The first-order chi connectivity index (χ1) is 10.6. The van der Waals surface area contributed by atoms with Gasteiger partial charge in [0.15, 0.2) is 0 Å². The molecule has 2 rings (SSSR count). The lowest BCUT2D eigenvalue weighted by molar-refractivity contribution is 0.0960. The van der Waals surface area contributed by atoms with E-state index < -0.39 is 10.0 Å². The van der Waals surface area contributed by atoms with E-state index in [0.29, 0.717) is 18.7 Å². The van der Waals surface area contributed by atoms with Crippen LogP contribution in [0.2, 0.25) is 0 Å². The third kappa shape index (κ3) is 3.86. The maximum absolute atomic E-state index is 12.7. The Morgan fingerprint density at radius 2 is 2.09 bits per heavy atom. The van der Waals surface area contributed by atoms with Crippen LogP contribution in [0.4, 0.5) is 0 Å². The summed E-state index contributed by atoms with van der Waals surface area (Å²) in [6, 6.07) is 7.89. The lowest BCUT2D eigenvalue weighted by Gasteiger charge is -2.23. The van der Waals surface area contributed by atoms with E-state index in [4.69, 9.17) is 10.00 Å². The van der Waals surface area contributed by atoms with Gasteiger partial charge in [-0.05, 0) is 44.0 Å². The predicted octanol–water partition coefficient (Wildman–Crippen LogP) is 1.75. The number of ether oxygens (including phenoxy) is 1. The average Bonchev–Trinajstić information content (AvgIpc) is 3.04.